The van der Waals surface area contributed by atoms with E-state index in [-0.39, 0.29) is 5.92 Å². The summed E-state index contributed by atoms with van der Waals surface area (Å²) in [6.07, 6.45) is 0.642. The maximum atomic E-state index is 11.0. The first-order valence-electron chi connectivity index (χ1n) is 3.75. The summed E-state index contributed by atoms with van der Waals surface area (Å²) in [5.41, 5.74) is 0. The highest BCUT2D eigenvalue weighted by Crippen LogP contribution is 2.09. The van der Waals surface area contributed by atoms with Gasteiger partial charge < -0.3 is 9.53 Å². The van der Waals surface area contributed by atoms with Crippen LogP contribution in [0.1, 0.15) is 20.8 Å². The third kappa shape index (κ3) is 3.16. The molecule has 0 saturated heterocycles. The van der Waals surface area contributed by atoms with Gasteiger partial charge in [-0.05, 0) is 12.8 Å². The molecular formula is C8H14O3. The van der Waals surface area contributed by atoms with Gasteiger partial charge in [0, 0.05) is 0 Å². The molecule has 0 fully saturated rings. The Bertz CT molecular complexity index is 140. The fraction of sp³-hybridized carbons (Fsp3) is 0.750. The average molecular weight is 158 g/mol. The second-order valence-corrected chi connectivity index (χ2v) is 2.66. The molecule has 0 heterocycles. The lowest BCUT2D eigenvalue weighted by Gasteiger charge is -2.11. The van der Waals surface area contributed by atoms with Crippen LogP contribution in [0.25, 0.3) is 0 Å². The Morgan fingerprint density at radius 2 is 2.09 bits per heavy atom. The van der Waals surface area contributed by atoms with Crippen LogP contribution >= 0.6 is 0 Å². The van der Waals surface area contributed by atoms with E-state index in [0.717, 1.165) is 0 Å². The van der Waals surface area contributed by atoms with Crippen LogP contribution in [0.5, 0.6) is 0 Å². The van der Waals surface area contributed by atoms with Crippen molar-refractivity contribution in [2.24, 2.45) is 11.8 Å². The maximum absolute atomic E-state index is 11.0. The number of aldehydes is 1. The smallest absolute Gasteiger partial charge is 0.316 e. The minimum atomic E-state index is -0.602. The number of esters is 1. The highest BCUT2D eigenvalue weighted by Gasteiger charge is 2.22. The Balaban J connectivity index is 4.03. The van der Waals surface area contributed by atoms with Gasteiger partial charge in [0.05, 0.1) is 6.61 Å². The molecule has 0 rings (SSSR count). The van der Waals surface area contributed by atoms with Crippen LogP contribution < -0.4 is 0 Å². The molecule has 0 aromatic rings. The Morgan fingerprint density at radius 3 is 2.36 bits per heavy atom. The summed E-state index contributed by atoms with van der Waals surface area (Å²) in [7, 11) is 0. The first-order chi connectivity index (χ1) is 5.13. The Hall–Kier alpha value is -0.860. The van der Waals surface area contributed by atoms with E-state index in [2.05, 4.69) is 4.74 Å². The first-order valence-corrected chi connectivity index (χ1v) is 3.75. The van der Waals surface area contributed by atoms with E-state index in [0.29, 0.717) is 12.9 Å². The van der Waals surface area contributed by atoms with E-state index < -0.39 is 11.9 Å². The van der Waals surface area contributed by atoms with Crippen LogP contribution in [-0.4, -0.2) is 18.9 Å². The SMILES string of the molecule is CCOC(=O)[C@H](C=O)C(C)C. The van der Waals surface area contributed by atoms with E-state index >= 15 is 0 Å². The molecule has 0 amide bonds. The number of rotatable bonds is 4. The quantitative estimate of drug-likeness (QED) is 0.348. The Kier molecular flexibility index (Phi) is 4.50. The first kappa shape index (κ1) is 10.1. The van der Waals surface area contributed by atoms with Crippen LogP contribution in [0.4, 0.5) is 0 Å². The molecule has 0 aliphatic rings. The minimum Gasteiger partial charge on any atom is -0.465 e. The van der Waals surface area contributed by atoms with Gasteiger partial charge in [0.2, 0.25) is 0 Å². The van der Waals surface area contributed by atoms with Gasteiger partial charge in [-0.1, -0.05) is 13.8 Å². The van der Waals surface area contributed by atoms with Gasteiger partial charge >= 0.3 is 5.97 Å². The normalized spacial score (nSPS) is 12.7. The zero-order chi connectivity index (χ0) is 8.85. The van der Waals surface area contributed by atoms with Gasteiger partial charge in [0.25, 0.3) is 0 Å². The summed E-state index contributed by atoms with van der Waals surface area (Å²) in [4.78, 5) is 21.3. The van der Waals surface area contributed by atoms with Gasteiger partial charge in [-0.25, -0.2) is 0 Å². The van der Waals surface area contributed by atoms with Crippen molar-refractivity contribution in [1.29, 1.82) is 0 Å². The summed E-state index contributed by atoms with van der Waals surface area (Å²) in [5.74, 6) is -1.00. The van der Waals surface area contributed by atoms with Crippen LogP contribution in [0.3, 0.4) is 0 Å². The van der Waals surface area contributed by atoms with Gasteiger partial charge in [-0.15, -0.1) is 0 Å². The highest BCUT2D eigenvalue weighted by molar-refractivity contribution is 5.87. The molecule has 64 valence electrons. The predicted octanol–water partition coefficient (Wildman–Crippen LogP) is 1.02. The van der Waals surface area contributed by atoms with Crippen LogP contribution in [0, 0.1) is 11.8 Å². The lowest BCUT2D eigenvalue weighted by molar-refractivity contribution is -0.150. The minimum absolute atomic E-state index is 0.0200. The predicted molar refractivity (Wildman–Crippen MR) is 41.0 cm³/mol. The van der Waals surface area contributed by atoms with Gasteiger partial charge in [0.15, 0.2) is 0 Å². The van der Waals surface area contributed by atoms with Crippen LogP contribution in [-0.2, 0) is 14.3 Å². The molecule has 3 heteroatoms. The molecule has 0 radical (unpaired) electrons. The maximum Gasteiger partial charge on any atom is 0.316 e. The molecule has 0 spiro atoms. The monoisotopic (exact) mass is 158 g/mol. The molecule has 1 atom stereocenters. The van der Waals surface area contributed by atoms with Crippen molar-refractivity contribution in [2.45, 2.75) is 20.8 Å². The number of carbonyl (C=O) groups excluding carboxylic acids is 2. The van der Waals surface area contributed by atoms with E-state index in [1.54, 1.807) is 6.92 Å². The highest BCUT2D eigenvalue weighted by atomic mass is 16.5. The van der Waals surface area contributed by atoms with Crippen LogP contribution in [0.2, 0.25) is 0 Å². The Labute approximate surface area is 66.7 Å². The Morgan fingerprint density at radius 1 is 1.55 bits per heavy atom. The fourth-order valence-electron chi connectivity index (χ4n) is 0.723. The van der Waals surface area contributed by atoms with E-state index in [1.165, 1.54) is 0 Å². The van der Waals surface area contributed by atoms with E-state index in [1.807, 2.05) is 13.8 Å². The molecule has 0 aromatic carbocycles. The van der Waals surface area contributed by atoms with Crippen molar-refractivity contribution >= 4 is 12.3 Å². The number of hydrogen-bond donors (Lipinski definition) is 0. The summed E-state index contributed by atoms with van der Waals surface area (Å²) in [6, 6.07) is 0. The van der Waals surface area contributed by atoms with Gasteiger partial charge in [-0.2, -0.15) is 0 Å². The second-order valence-electron chi connectivity index (χ2n) is 2.66. The van der Waals surface area contributed by atoms with Crippen molar-refractivity contribution in [2.75, 3.05) is 6.61 Å². The fourth-order valence-corrected chi connectivity index (χ4v) is 0.723. The van der Waals surface area contributed by atoms with Crippen molar-refractivity contribution < 1.29 is 14.3 Å². The number of carbonyl (C=O) groups is 2. The number of ether oxygens (including phenoxy) is 1. The average Bonchev–Trinajstić information content (AvgIpc) is 1.88. The van der Waals surface area contributed by atoms with E-state index in [4.69, 9.17) is 0 Å². The largest absolute Gasteiger partial charge is 0.465 e. The molecule has 0 aliphatic heterocycles. The summed E-state index contributed by atoms with van der Waals surface area (Å²) < 4.78 is 4.69. The molecule has 0 unspecified atom stereocenters. The molecule has 0 N–H and O–H groups in total. The molecule has 0 aromatic heterocycles. The molecule has 0 aliphatic carbocycles. The summed E-state index contributed by atoms with van der Waals surface area (Å²) >= 11 is 0. The van der Waals surface area contributed by atoms with Crippen LogP contribution in [0.15, 0.2) is 0 Å². The molecule has 11 heavy (non-hydrogen) atoms. The lowest BCUT2D eigenvalue weighted by Crippen LogP contribution is -2.23. The van der Waals surface area contributed by atoms with Crippen molar-refractivity contribution in [1.82, 2.24) is 0 Å². The van der Waals surface area contributed by atoms with Gasteiger partial charge in [-0.3, -0.25) is 4.79 Å². The standard InChI is InChI=1S/C8H14O3/c1-4-11-8(10)7(5-9)6(2)3/h5-7H,4H2,1-3H3/t7-/m1/s1. The van der Waals surface area contributed by atoms with Gasteiger partial charge in [0.1, 0.15) is 12.2 Å². The summed E-state index contributed by atoms with van der Waals surface area (Å²) in [5, 5.41) is 0. The topological polar surface area (TPSA) is 43.4 Å². The molecule has 0 saturated carbocycles. The molecule has 0 bridgehead atoms. The zero-order valence-corrected chi connectivity index (χ0v) is 7.16. The van der Waals surface area contributed by atoms with Crippen molar-refractivity contribution in [3.05, 3.63) is 0 Å². The molecular weight excluding hydrogens is 144 g/mol. The van der Waals surface area contributed by atoms with Crippen molar-refractivity contribution in [3.63, 3.8) is 0 Å². The van der Waals surface area contributed by atoms with Crippen molar-refractivity contribution in [3.8, 4) is 0 Å². The van der Waals surface area contributed by atoms with E-state index in [9.17, 15) is 9.59 Å². The second kappa shape index (κ2) is 4.88. The molecule has 3 nitrogen and oxygen atoms in total. The third-order valence-electron chi connectivity index (χ3n) is 1.42. The number of hydrogen-bond acceptors (Lipinski definition) is 3. The third-order valence-corrected chi connectivity index (χ3v) is 1.42. The zero-order valence-electron chi connectivity index (χ0n) is 7.16. The lowest BCUT2D eigenvalue weighted by atomic mass is 9.98. The summed E-state index contributed by atoms with van der Waals surface area (Å²) in [6.45, 7) is 5.68.